The monoisotopic (exact) mass is 240 g/mol. The van der Waals surface area contributed by atoms with Gasteiger partial charge in [0.05, 0.1) is 6.10 Å². The van der Waals surface area contributed by atoms with E-state index in [1.165, 1.54) is 43.8 Å². The Labute approximate surface area is 102 Å². The Hall–Kier alpha value is -0.0831. The fourth-order valence-electron chi connectivity index (χ4n) is 2.86. The quantitative estimate of drug-likeness (QED) is 0.481. The number of hydrogen-bond donors (Lipinski definition) is 0. The second-order valence-electron chi connectivity index (χ2n) is 5.08. The molecule has 1 saturated carbocycles. The third-order valence-corrected chi connectivity index (χ3v) is 9.06. The molecule has 0 amide bonds. The van der Waals surface area contributed by atoms with Gasteiger partial charge in [0.1, 0.15) is 0 Å². The standard InChI is InChI=1S/C14H28OSi/c1-5-13-11-9-10-12-14(13)15-16(6-2,7-3)8-4/h5,13-14H,1,6-12H2,2-4H3/t13-,14+/m0/s1. The second kappa shape index (κ2) is 6.60. The molecule has 0 aromatic heterocycles. The zero-order valence-electron chi connectivity index (χ0n) is 11.3. The van der Waals surface area contributed by atoms with Crippen LogP contribution < -0.4 is 0 Å². The molecule has 0 spiro atoms. The molecule has 2 heteroatoms. The van der Waals surface area contributed by atoms with E-state index < -0.39 is 8.32 Å². The molecule has 1 fully saturated rings. The van der Waals surface area contributed by atoms with Crippen LogP contribution >= 0.6 is 0 Å². The summed E-state index contributed by atoms with van der Waals surface area (Å²) in [4.78, 5) is 0. The van der Waals surface area contributed by atoms with Gasteiger partial charge in [-0.3, -0.25) is 0 Å². The molecule has 0 aliphatic heterocycles. The van der Waals surface area contributed by atoms with Crippen molar-refractivity contribution < 1.29 is 4.43 Å². The summed E-state index contributed by atoms with van der Waals surface area (Å²) in [6, 6.07) is 3.79. The van der Waals surface area contributed by atoms with Crippen molar-refractivity contribution in [2.75, 3.05) is 0 Å². The van der Waals surface area contributed by atoms with Crippen LogP contribution in [-0.4, -0.2) is 14.4 Å². The molecule has 16 heavy (non-hydrogen) atoms. The molecule has 1 aliphatic carbocycles. The topological polar surface area (TPSA) is 9.23 Å². The van der Waals surface area contributed by atoms with Crippen molar-refractivity contribution in [1.82, 2.24) is 0 Å². The molecule has 1 aliphatic rings. The molecule has 1 rings (SSSR count). The highest BCUT2D eigenvalue weighted by Crippen LogP contribution is 2.33. The minimum absolute atomic E-state index is 0.484. The molecule has 0 bridgehead atoms. The smallest absolute Gasteiger partial charge is 0.192 e. The molecular weight excluding hydrogens is 212 g/mol. The van der Waals surface area contributed by atoms with Gasteiger partial charge in [-0.05, 0) is 31.0 Å². The number of hydrogen-bond acceptors (Lipinski definition) is 1. The summed E-state index contributed by atoms with van der Waals surface area (Å²) in [5.41, 5.74) is 0. The van der Waals surface area contributed by atoms with Crippen molar-refractivity contribution in [1.29, 1.82) is 0 Å². The van der Waals surface area contributed by atoms with Gasteiger partial charge in [0.2, 0.25) is 0 Å². The Morgan fingerprint density at radius 1 is 1.12 bits per heavy atom. The zero-order chi connectivity index (χ0) is 12.0. The van der Waals surface area contributed by atoms with Gasteiger partial charge in [0.25, 0.3) is 0 Å². The average molecular weight is 240 g/mol. The van der Waals surface area contributed by atoms with Crippen molar-refractivity contribution >= 4 is 8.32 Å². The highest BCUT2D eigenvalue weighted by molar-refractivity contribution is 6.73. The van der Waals surface area contributed by atoms with E-state index in [0.29, 0.717) is 12.0 Å². The number of rotatable bonds is 6. The Bertz CT molecular complexity index is 203. The molecule has 0 radical (unpaired) electrons. The highest BCUT2D eigenvalue weighted by atomic mass is 28.4. The maximum absolute atomic E-state index is 6.60. The largest absolute Gasteiger partial charge is 0.413 e. The van der Waals surface area contributed by atoms with Crippen molar-refractivity contribution in [3.63, 3.8) is 0 Å². The van der Waals surface area contributed by atoms with Crippen molar-refractivity contribution in [3.8, 4) is 0 Å². The molecule has 0 unspecified atom stereocenters. The Kier molecular flexibility index (Phi) is 5.77. The first-order valence-corrected chi connectivity index (χ1v) is 9.54. The summed E-state index contributed by atoms with van der Waals surface area (Å²) in [5.74, 6) is 0.616. The van der Waals surface area contributed by atoms with E-state index in [-0.39, 0.29) is 0 Å². The molecule has 0 aromatic carbocycles. The maximum atomic E-state index is 6.60. The lowest BCUT2D eigenvalue weighted by Gasteiger charge is -2.38. The lowest BCUT2D eigenvalue weighted by atomic mass is 9.87. The second-order valence-corrected chi connectivity index (χ2v) is 9.81. The first kappa shape index (κ1) is 14.0. The van der Waals surface area contributed by atoms with E-state index in [1.807, 2.05) is 0 Å². The van der Waals surface area contributed by atoms with Crippen LogP contribution in [0.1, 0.15) is 46.5 Å². The molecule has 0 N–H and O–H groups in total. The summed E-state index contributed by atoms with van der Waals surface area (Å²) >= 11 is 0. The minimum Gasteiger partial charge on any atom is -0.413 e. The van der Waals surface area contributed by atoms with E-state index in [2.05, 4.69) is 33.4 Å². The van der Waals surface area contributed by atoms with Crippen molar-refractivity contribution in [2.45, 2.75) is 70.7 Å². The van der Waals surface area contributed by atoms with Crippen molar-refractivity contribution in [2.24, 2.45) is 5.92 Å². The summed E-state index contributed by atoms with van der Waals surface area (Å²) in [6.07, 6.45) is 7.86. The first-order valence-electron chi connectivity index (χ1n) is 7.01. The Morgan fingerprint density at radius 3 is 2.19 bits per heavy atom. The van der Waals surface area contributed by atoms with Gasteiger partial charge >= 0.3 is 0 Å². The van der Waals surface area contributed by atoms with Gasteiger partial charge < -0.3 is 4.43 Å². The van der Waals surface area contributed by atoms with Crippen molar-refractivity contribution in [3.05, 3.63) is 12.7 Å². The average Bonchev–Trinajstić information content (AvgIpc) is 2.36. The fourth-order valence-corrected chi connectivity index (χ4v) is 5.80. The molecule has 0 heterocycles. The lowest BCUT2D eigenvalue weighted by Crippen LogP contribution is -2.43. The maximum Gasteiger partial charge on any atom is 0.192 e. The van der Waals surface area contributed by atoms with Crippen LogP contribution in [0, 0.1) is 5.92 Å². The predicted molar refractivity (Wildman–Crippen MR) is 74.2 cm³/mol. The van der Waals surface area contributed by atoms with Crippen LogP contribution in [0.3, 0.4) is 0 Å². The van der Waals surface area contributed by atoms with Gasteiger partial charge in [-0.2, -0.15) is 0 Å². The van der Waals surface area contributed by atoms with E-state index in [4.69, 9.17) is 4.43 Å². The van der Waals surface area contributed by atoms with Crippen LogP contribution in [0.4, 0.5) is 0 Å². The van der Waals surface area contributed by atoms with Gasteiger partial charge in [0.15, 0.2) is 8.32 Å². The summed E-state index contributed by atoms with van der Waals surface area (Å²) < 4.78 is 6.60. The summed E-state index contributed by atoms with van der Waals surface area (Å²) in [7, 11) is -1.41. The molecule has 94 valence electrons. The van der Waals surface area contributed by atoms with E-state index in [1.54, 1.807) is 0 Å². The molecule has 0 aromatic rings. The Balaban J connectivity index is 2.64. The molecule has 1 nitrogen and oxygen atoms in total. The van der Waals surface area contributed by atoms with Crippen LogP contribution in [0.25, 0.3) is 0 Å². The first-order chi connectivity index (χ1) is 7.71. The van der Waals surface area contributed by atoms with Gasteiger partial charge in [-0.25, -0.2) is 0 Å². The normalized spacial score (nSPS) is 26.7. The molecular formula is C14H28OSi. The third-order valence-electron chi connectivity index (χ3n) is 4.39. The van der Waals surface area contributed by atoms with E-state index in [0.717, 1.165) is 0 Å². The van der Waals surface area contributed by atoms with E-state index in [9.17, 15) is 0 Å². The third kappa shape index (κ3) is 3.20. The minimum atomic E-state index is -1.41. The van der Waals surface area contributed by atoms with Crippen LogP contribution in [0.15, 0.2) is 12.7 Å². The Morgan fingerprint density at radius 2 is 1.69 bits per heavy atom. The summed E-state index contributed by atoms with van der Waals surface area (Å²) in [6.45, 7) is 10.9. The lowest BCUT2D eigenvalue weighted by molar-refractivity contribution is 0.105. The fraction of sp³-hybridized carbons (Fsp3) is 0.857. The highest BCUT2D eigenvalue weighted by Gasteiger charge is 2.35. The van der Waals surface area contributed by atoms with E-state index >= 15 is 0 Å². The zero-order valence-corrected chi connectivity index (χ0v) is 12.3. The molecule has 2 atom stereocenters. The van der Waals surface area contributed by atoms with Crippen LogP contribution in [0.2, 0.25) is 18.1 Å². The van der Waals surface area contributed by atoms with Gasteiger partial charge in [0, 0.05) is 5.92 Å². The SMILES string of the molecule is C=C[C@H]1CCCC[C@H]1O[Si](CC)(CC)CC. The van der Waals surface area contributed by atoms with Gasteiger partial charge in [-0.1, -0.05) is 39.7 Å². The van der Waals surface area contributed by atoms with Crippen LogP contribution in [-0.2, 0) is 4.43 Å². The van der Waals surface area contributed by atoms with Gasteiger partial charge in [-0.15, -0.1) is 6.58 Å². The summed E-state index contributed by atoms with van der Waals surface area (Å²) in [5, 5.41) is 0. The van der Waals surface area contributed by atoms with Crippen LogP contribution in [0.5, 0.6) is 0 Å². The molecule has 0 saturated heterocycles. The predicted octanol–water partition coefficient (Wildman–Crippen LogP) is 4.75.